The van der Waals surface area contributed by atoms with Crippen LogP contribution in [0.25, 0.3) is 0 Å². The Morgan fingerprint density at radius 2 is 2.18 bits per heavy atom. The standard InChI is InChI=1S/C10H19N/c1-4-7-9-11-10(6-3)8-5-2/h1,10-11H,5-9H2,2-3H3. The van der Waals surface area contributed by atoms with Crippen molar-refractivity contribution in [3.63, 3.8) is 0 Å². The maximum atomic E-state index is 5.14. The van der Waals surface area contributed by atoms with E-state index in [9.17, 15) is 0 Å². The third-order valence-corrected chi connectivity index (χ3v) is 1.83. The van der Waals surface area contributed by atoms with Crippen LogP contribution in [0.5, 0.6) is 0 Å². The summed E-state index contributed by atoms with van der Waals surface area (Å²) in [4.78, 5) is 0. The first-order chi connectivity index (χ1) is 5.35. The number of hydrogen-bond donors (Lipinski definition) is 1. The number of hydrogen-bond acceptors (Lipinski definition) is 1. The van der Waals surface area contributed by atoms with Gasteiger partial charge in [-0.25, -0.2) is 0 Å². The zero-order valence-electron chi connectivity index (χ0n) is 7.69. The van der Waals surface area contributed by atoms with Crippen molar-refractivity contribution in [2.75, 3.05) is 6.54 Å². The SMILES string of the molecule is C#CCCNC(CC)CCC. The van der Waals surface area contributed by atoms with Gasteiger partial charge in [-0.3, -0.25) is 0 Å². The maximum Gasteiger partial charge on any atom is 0.0211 e. The number of terminal acetylenes is 1. The summed E-state index contributed by atoms with van der Waals surface area (Å²) in [6.07, 6.45) is 9.71. The monoisotopic (exact) mass is 153 g/mol. The van der Waals surface area contributed by atoms with E-state index in [1.165, 1.54) is 19.3 Å². The summed E-state index contributed by atoms with van der Waals surface area (Å²) >= 11 is 0. The minimum Gasteiger partial charge on any atom is -0.313 e. The molecular formula is C10H19N. The molecule has 0 aromatic rings. The second kappa shape index (κ2) is 7.63. The summed E-state index contributed by atoms with van der Waals surface area (Å²) in [5, 5.41) is 3.43. The van der Waals surface area contributed by atoms with E-state index in [0.29, 0.717) is 6.04 Å². The van der Waals surface area contributed by atoms with Gasteiger partial charge in [0.1, 0.15) is 0 Å². The summed E-state index contributed by atoms with van der Waals surface area (Å²) < 4.78 is 0. The highest BCUT2D eigenvalue weighted by molar-refractivity contribution is 4.84. The van der Waals surface area contributed by atoms with E-state index >= 15 is 0 Å². The quantitative estimate of drug-likeness (QED) is 0.455. The smallest absolute Gasteiger partial charge is 0.0211 e. The molecule has 1 N–H and O–H groups in total. The number of rotatable bonds is 6. The average Bonchev–Trinajstić information content (AvgIpc) is 2.03. The van der Waals surface area contributed by atoms with Crippen LogP contribution in [0.1, 0.15) is 39.5 Å². The van der Waals surface area contributed by atoms with Gasteiger partial charge in [-0.2, -0.15) is 0 Å². The van der Waals surface area contributed by atoms with Gasteiger partial charge in [0.25, 0.3) is 0 Å². The summed E-state index contributed by atoms with van der Waals surface area (Å²) in [5.74, 6) is 2.63. The Morgan fingerprint density at radius 1 is 1.45 bits per heavy atom. The van der Waals surface area contributed by atoms with Crippen molar-refractivity contribution in [3.05, 3.63) is 0 Å². The van der Waals surface area contributed by atoms with Gasteiger partial charge in [0.2, 0.25) is 0 Å². The topological polar surface area (TPSA) is 12.0 Å². The third-order valence-electron chi connectivity index (χ3n) is 1.83. The molecule has 0 fully saturated rings. The Morgan fingerprint density at radius 3 is 2.64 bits per heavy atom. The molecule has 0 heterocycles. The second-order valence-corrected chi connectivity index (χ2v) is 2.80. The fourth-order valence-corrected chi connectivity index (χ4v) is 1.15. The molecule has 0 spiro atoms. The molecule has 0 radical (unpaired) electrons. The van der Waals surface area contributed by atoms with E-state index in [2.05, 4.69) is 25.1 Å². The normalized spacial score (nSPS) is 12.5. The second-order valence-electron chi connectivity index (χ2n) is 2.80. The molecule has 0 aromatic carbocycles. The van der Waals surface area contributed by atoms with E-state index in [4.69, 9.17) is 6.42 Å². The lowest BCUT2D eigenvalue weighted by atomic mass is 10.1. The van der Waals surface area contributed by atoms with E-state index in [-0.39, 0.29) is 0 Å². The molecule has 1 nitrogen and oxygen atoms in total. The molecule has 0 aliphatic rings. The summed E-state index contributed by atoms with van der Waals surface area (Å²) in [7, 11) is 0. The Balaban J connectivity index is 3.29. The first kappa shape index (κ1) is 10.5. The molecule has 0 aromatic heterocycles. The van der Waals surface area contributed by atoms with Crippen LogP contribution in [0.4, 0.5) is 0 Å². The van der Waals surface area contributed by atoms with Crippen molar-refractivity contribution in [2.45, 2.75) is 45.6 Å². The van der Waals surface area contributed by atoms with E-state index in [0.717, 1.165) is 13.0 Å². The number of nitrogens with one attached hydrogen (secondary N) is 1. The van der Waals surface area contributed by atoms with Crippen LogP contribution in [0.3, 0.4) is 0 Å². The Bertz CT molecular complexity index is 113. The van der Waals surface area contributed by atoms with Gasteiger partial charge in [-0.15, -0.1) is 12.3 Å². The van der Waals surface area contributed by atoms with Gasteiger partial charge in [0.15, 0.2) is 0 Å². The largest absolute Gasteiger partial charge is 0.313 e. The summed E-state index contributed by atoms with van der Waals surface area (Å²) in [6, 6.07) is 0.674. The van der Waals surface area contributed by atoms with Crippen LogP contribution in [0.15, 0.2) is 0 Å². The summed E-state index contributed by atoms with van der Waals surface area (Å²) in [5.41, 5.74) is 0. The lowest BCUT2D eigenvalue weighted by Gasteiger charge is -2.14. The first-order valence-corrected chi connectivity index (χ1v) is 4.52. The zero-order valence-corrected chi connectivity index (χ0v) is 7.69. The molecule has 0 aliphatic heterocycles. The molecule has 64 valence electrons. The molecule has 1 atom stereocenters. The molecule has 1 unspecified atom stereocenters. The van der Waals surface area contributed by atoms with Gasteiger partial charge in [0, 0.05) is 19.0 Å². The highest BCUT2D eigenvalue weighted by Gasteiger charge is 2.01. The van der Waals surface area contributed by atoms with Crippen molar-refractivity contribution in [1.82, 2.24) is 5.32 Å². The van der Waals surface area contributed by atoms with Crippen molar-refractivity contribution in [3.8, 4) is 12.3 Å². The van der Waals surface area contributed by atoms with E-state index < -0.39 is 0 Å². The van der Waals surface area contributed by atoms with Gasteiger partial charge < -0.3 is 5.32 Å². The predicted octanol–water partition coefficient (Wildman–Crippen LogP) is 2.18. The van der Waals surface area contributed by atoms with E-state index in [1.54, 1.807) is 0 Å². The van der Waals surface area contributed by atoms with Crippen LogP contribution < -0.4 is 5.32 Å². The molecule has 0 amide bonds. The molecule has 0 rings (SSSR count). The van der Waals surface area contributed by atoms with Crippen molar-refractivity contribution in [2.24, 2.45) is 0 Å². The van der Waals surface area contributed by atoms with Crippen LogP contribution in [-0.2, 0) is 0 Å². The Hall–Kier alpha value is -0.480. The molecular weight excluding hydrogens is 134 g/mol. The molecule has 1 heteroatoms. The molecule has 0 saturated carbocycles. The zero-order chi connectivity index (χ0) is 8.53. The van der Waals surface area contributed by atoms with Crippen LogP contribution >= 0.6 is 0 Å². The molecule has 0 aliphatic carbocycles. The van der Waals surface area contributed by atoms with Crippen LogP contribution in [0.2, 0.25) is 0 Å². The van der Waals surface area contributed by atoms with Crippen LogP contribution in [-0.4, -0.2) is 12.6 Å². The lowest BCUT2D eigenvalue weighted by molar-refractivity contribution is 0.469. The Labute approximate surface area is 70.6 Å². The van der Waals surface area contributed by atoms with Gasteiger partial charge in [-0.1, -0.05) is 20.3 Å². The molecule has 11 heavy (non-hydrogen) atoms. The van der Waals surface area contributed by atoms with Crippen molar-refractivity contribution in [1.29, 1.82) is 0 Å². The van der Waals surface area contributed by atoms with Gasteiger partial charge in [-0.05, 0) is 12.8 Å². The fraction of sp³-hybridized carbons (Fsp3) is 0.800. The Kier molecular flexibility index (Phi) is 7.29. The minimum atomic E-state index is 0.674. The molecule has 0 saturated heterocycles. The van der Waals surface area contributed by atoms with Crippen molar-refractivity contribution < 1.29 is 0 Å². The maximum absolute atomic E-state index is 5.14. The fourth-order valence-electron chi connectivity index (χ4n) is 1.15. The summed E-state index contributed by atoms with van der Waals surface area (Å²) in [6.45, 7) is 5.39. The lowest BCUT2D eigenvalue weighted by Crippen LogP contribution is -2.28. The first-order valence-electron chi connectivity index (χ1n) is 4.52. The average molecular weight is 153 g/mol. The van der Waals surface area contributed by atoms with E-state index in [1.807, 2.05) is 0 Å². The molecule has 0 bridgehead atoms. The van der Waals surface area contributed by atoms with Crippen molar-refractivity contribution >= 4 is 0 Å². The predicted molar refractivity (Wildman–Crippen MR) is 50.4 cm³/mol. The highest BCUT2D eigenvalue weighted by atomic mass is 14.9. The van der Waals surface area contributed by atoms with Gasteiger partial charge >= 0.3 is 0 Å². The highest BCUT2D eigenvalue weighted by Crippen LogP contribution is 1.99. The minimum absolute atomic E-state index is 0.674. The van der Waals surface area contributed by atoms with Crippen LogP contribution in [0, 0.1) is 12.3 Å². The van der Waals surface area contributed by atoms with Gasteiger partial charge in [0.05, 0.1) is 0 Å². The third kappa shape index (κ3) is 5.94.